The highest BCUT2D eigenvalue weighted by Gasteiger charge is 2.34. The number of benzene rings is 2. The Kier molecular flexibility index (Phi) is 4.36. The number of hydrogen-bond acceptors (Lipinski definition) is 3. The van der Waals surface area contributed by atoms with E-state index in [1.165, 1.54) is 6.07 Å². The minimum absolute atomic E-state index is 0.122. The summed E-state index contributed by atoms with van der Waals surface area (Å²) >= 11 is 0. The SMILES string of the molecule is O=C(N[C@@H]1CN2CCC1CC2)c1ccc(-c2cc(O)c(F)c(F)c2)cc1. The van der Waals surface area contributed by atoms with Gasteiger partial charge in [0.05, 0.1) is 0 Å². The standard InChI is InChI=1S/C20H20F2N2O2/c21-16-9-15(10-18(25)19(16)22)12-1-3-14(4-2-12)20(26)23-17-11-24-7-5-13(17)6-8-24/h1-4,9-10,13,17,25H,5-8,11H2,(H,23,26)/t17-/m1/s1. The number of amides is 1. The summed E-state index contributed by atoms with van der Waals surface area (Å²) in [4.78, 5) is 14.9. The Labute approximate surface area is 150 Å². The van der Waals surface area contributed by atoms with Gasteiger partial charge in [-0.3, -0.25) is 4.79 Å². The van der Waals surface area contributed by atoms with Crippen molar-refractivity contribution >= 4 is 5.91 Å². The molecule has 1 amide bonds. The zero-order chi connectivity index (χ0) is 18.3. The molecule has 26 heavy (non-hydrogen) atoms. The quantitative estimate of drug-likeness (QED) is 0.886. The average molecular weight is 358 g/mol. The van der Waals surface area contributed by atoms with E-state index in [0.29, 0.717) is 22.6 Å². The van der Waals surface area contributed by atoms with Crippen molar-refractivity contribution in [1.29, 1.82) is 0 Å². The van der Waals surface area contributed by atoms with Gasteiger partial charge in [0.2, 0.25) is 0 Å². The van der Waals surface area contributed by atoms with Gasteiger partial charge in [-0.15, -0.1) is 0 Å². The molecule has 2 N–H and O–H groups in total. The number of rotatable bonds is 3. The van der Waals surface area contributed by atoms with Crippen LogP contribution in [0.4, 0.5) is 8.78 Å². The van der Waals surface area contributed by atoms with Crippen molar-refractivity contribution in [3.05, 3.63) is 53.6 Å². The summed E-state index contributed by atoms with van der Waals surface area (Å²) in [6.07, 6.45) is 2.26. The van der Waals surface area contributed by atoms with Gasteiger partial charge in [-0.1, -0.05) is 12.1 Å². The maximum Gasteiger partial charge on any atom is 0.251 e. The number of carbonyl (C=O) groups excluding carboxylic acids is 1. The van der Waals surface area contributed by atoms with E-state index in [2.05, 4.69) is 10.2 Å². The Bertz CT molecular complexity index is 807. The van der Waals surface area contributed by atoms with Crippen molar-refractivity contribution < 1.29 is 18.7 Å². The summed E-state index contributed by atoms with van der Waals surface area (Å²) in [5.41, 5.74) is 1.47. The fraction of sp³-hybridized carbons (Fsp3) is 0.350. The number of halogens is 2. The number of phenolic OH excluding ortho intramolecular Hbond substituents is 1. The number of fused-ring (bicyclic) bond motifs is 3. The van der Waals surface area contributed by atoms with E-state index < -0.39 is 17.4 Å². The lowest BCUT2D eigenvalue weighted by Crippen LogP contribution is -2.57. The first-order valence-electron chi connectivity index (χ1n) is 8.83. The summed E-state index contributed by atoms with van der Waals surface area (Å²) in [6.45, 7) is 3.14. The Morgan fingerprint density at radius 2 is 1.77 bits per heavy atom. The van der Waals surface area contributed by atoms with Crippen molar-refractivity contribution in [3.8, 4) is 16.9 Å². The molecule has 3 aliphatic rings. The Balaban J connectivity index is 1.48. The minimum Gasteiger partial charge on any atom is -0.505 e. The van der Waals surface area contributed by atoms with Crippen molar-refractivity contribution in [2.75, 3.05) is 19.6 Å². The molecule has 0 radical (unpaired) electrons. The predicted molar refractivity (Wildman–Crippen MR) is 93.9 cm³/mol. The first-order chi connectivity index (χ1) is 12.5. The molecule has 4 nitrogen and oxygen atoms in total. The van der Waals surface area contributed by atoms with E-state index in [-0.39, 0.29) is 11.9 Å². The second-order valence-electron chi connectivity index (χ2n) is 7.09. The highest BCUT2D eigenvalue weighted by molar-refractivity contribution is 5.95. The topological polar surface area (TPSA) is 52.6 Å². The summed E-state index contributed by atoms with van der Waals surface area (Å²) in [6, 6.07) is 9.02. The van der Waals surface area contributed by atoms with Crippen molar-refractivity contribution in [2.24, 2.45) is 5.92 Å². The molecule has 3 aliphatic heterocycles. The smallest absolute Gasteiger partial charge is 0.251 e. The Morgan fingerprint density at radius 3 is 2.35 bits per heavy atom. The summed E-state index contributed by atoms with van der Waals surface area (Å²) in [5.74, 6) is -2.67. The lowest BCUT2D eigenvalue weighted by atomic mass is 9.84. The molecule has 0 aliphatic carbocycles. The third-order valence-corrected chi connectivity index (χ3v) is 5.46. The molecule has 2 aromatic carbocycles. The first kappa shape index (κ1) is 17.0. The zero-order valence-corrected chi connectivity index (χ0v) is 14.2. The average Bonchev–Trinajstić information content (AvgIpc) is 2.67. The van der Waals surface area contributed by atoms with E-state index in [9.17, 15) is 18.7 Å². The fourth-order valence-corrected chi connectivity index (χ4v) is 3.94. The maximum absolute atomic E-state index is 13.5. The van der Waals surface area contributed by atoms with Crippen molar-refractivity contribution in [2.45, 2.75) is 18.9 Å². The highest BCUT2D eigenvalue weighted by atomic mass is 19.2. The second kappa shape index (κ2) is 6.68. The summed E-state index contributed by atoms with van der Waals surface area (Å²) in [5, 5.41) is 12.6. The van der Waals surface area contributed by atoms with E-state index in [0.717, 1.165) is 38.5 Å². The van der Waals surface area contributed by atoms with Gasteiger partial charge in [-0.2, -0.15) is 4.39 Å². The van der Waals surface area contributed by atoms with Crippen molar-refractivity contribution in [3.63, 3.8) is 0 Å². The third kappa shape index (κ3) is 3.17. The van der Waals surface area contributed by atoms with E-state index >= 15 is 0 Å². The molecule has 0 aromatic heterocycles. The molecule has 0 unspecified atom stereocenters. The van der Waals surface area contributed by atoms with Gasteiger partial charge in [0, 0.05) is 18.2 Å². The fourth-order valence-electron chi connectivity index (χ4n) is 3.94. The molecule has 5 rings (SSSR count). The van der Waals surface area contributed by atoms with Crippen molar-refractivity contribution in [1.82, 2.24) is 10.2 Å². The van der Waals surface area contributed by atoms with E-state index in [4.69, 9.17) is 0 Å². The van der Waals surface area contributed by atoms with Gasteiger partial charge in [-0.05, 0) is 67.2 Å². The summed E-state index contributed by atoms with van der Waals surface area (Å²) < 4.78 is 26.7. The van der Waals surface area contributed by atoms with Crippen LogP contribution in [0.25, 0.3) is 11.1 Å². The second-order valence-corrected chi connectivity index (χ2v) is 7.09. The third-order valence-electron chi connectivity index (χ3n) is 5.46. The normalized spacial score (nSPS) is 24.5. The molecule has 2 bridgehead atoms. The summed E-state index contributed by atoms with van der Waals surface area (Å²) in [7, 11) is 0. The molecule has 1 atom stereocenters. The Morgan fingerprint density at radius 1 is 1.08 bits per heavy atom. The molecule has 2 aromatic rings. The van der Waals surface area contributed by atoms with Crippen LogP contribution in [0.1, 0.15) is 23.2 Å². The van der Waals surface area contributed by atoms with Crippen LogP contribution in [-0.2, 0) is 0 Å². The molecule has 3 saturated heterocycles. The van der Waals surface area contributed by atoms with Crippen LogP contribution in [0, 0.1) is 17.6 Å². The lowest BCUT2D eigenvalue weighted by molar-refractivity contribution is 0.0620. The zero-order valence-electron chi connectivity index (χ0n) is 14.2. The van der Waals surface area contributed by atoms with Crippen LogP contribution in [0.3, 0.4) is 0 Å². The van der Waals surface area contributed by atoms with Crippen LogP contribution in [0.15, 0.2) is 36.4 Å². The minimum atomic E-state index is -1.26. The molecule has 3 fully saturated rings. The van der Waals surface area contributed by atoms with Gasteiger partial charge < -0.3 is 15.3 Å². The molecule has 3 heterocycles. The van der Waals surface area contributed by atoms with Crippen LogP contribution in [0.5, 0.6) is 5.75 Å². The number of phenols is 1. The largest absolute Gasteiger partial charge is 0.505 e. The maximum atomic E-state index is 13.5. The number of carbonyl (C=O) groups is 1. The number of piperidine rings is 3. The molecule has 6 heteroatoms. The predicted octanol–water partition coefficient (Wildman–Crippen LogP) is 3.16. The van der Waals surface area contributed by atoms with Crippen LogP contribution >= 0.6 is 0 Å². The van der Waals surface area contributed by atoms with Gasteiger partial charge in [-0.25, -0.2) is 4.39 Å². The number of nitrogens with one attached hydrogen (secondary N) is 1. The Hall–Kier alpha value is -2.47. The van der Waals surface area contributed by atoms with E-state index in [1.54, 1.807) is 24.3 Å². The first-order valence-corrected chi connectivity index (χ1v) is 8.83. The number of aromatic hydroxyl groups is 1. The monoisotopic (exact) mass is 358 g/mol. The molecular formula is C20H20F2N2O2. The molecular weight excluding hydrogens is 338 g/mol. The molecule has 136 valence electrons. The van der Waals surface area contributed by atoms with Gasteiger partial charge in [0.15, 0.2) is 17.4 Å². The molecule has 0 spiro atoms. The van der Waals surface area contributed by atoms with Gasteiger partial charge in [0.1, 0.15) is 0 Å². The van der Waals surface area contributed by atoms with Crippen LogP contribution in [0.2, 0.25) is 0 Å². The van der Waals surface area contributed by atoms with E-state index in [1.807, 2.05) is 0 Å². The molecule has 0 saturated carbocycles. The van der Waals surface area contributed by atoms with Gasteiger partial charge in [0.25, 0.3) is 5.91 Å². The van der Waals surface area contributed by atoms with Crippen LogP contribution in [-0.4, -0.2) is 41.6 Å². The van der Waals surface area contributed by atoms with Crippen LogP contribution < -0.4 is 5.32 Å². The lowest BCUT2D eigenvalue weighted by Gasteiger charge is -2.44. The highest BCUT2D eigenvalue weighted by Crippen LogP contribution is 2.29. The number of nitrogens with zero attached hydrogens (tertiary/aromatic N) is 1. The number of hydrogen-bond donors (Lipinski definition) is 2. The van der Waals surface area contributed by atoms with Gasteiger partial charge >= 0.3 is 0 Å².